The zero-order valence-electron chi connectivity index (χ0n) is 10.7. The van der Waals surface area contributed by atoms with Crippen LogP contribution in [0.2, 0.25) is 0 Å². The molecule has 0 saturated carbocycles. The fraction of sp³-hybridized carbons (Fsp3) is 0.400. The number of hydrogen-bond acceptors (Lipinski definition) is 2. The molecule has 0 aliphatic carbocycles. The average Bonchev–Trinajstić information content (AvgIpc) is 2.83. The lowest BCUT2D eigenvalue weighted by Gasteiger charge is -2.12. The van der Waals surface area contributed by atoms with Gasteiger partial charge >= 0.3 is 0 Å². The second-order valence-electron chi connectivity index (χ2n) is 4.66. The van der Waals surface area contributed by atoms with Gasteiger partial charge in [-0.05, 0) is 30.0 Å². The number of aryl methyl sites for hydroxylation is 1. The van der Waals surface area contributed by atoms with Gasteiger partial charge in [-0.3, -0.25) is 4.79 Å². The highest BCUT2D eigenvalue weighted by Gasteiger charge is 2.22. The zero-order chi connectivity index (χ0) is 13.0. The average molecular weight is 245 g/mol. The molecule has 0 bridgehead atoms. The first-order valence-electron chi connectivity index (χ1n) is 6.43. The largest absolute Gasteiger partial charge is 0.391 e. The molecule has 0 spiro atoms. The molecule has 1 aromatic carbocycles. The highest BCUT2D eigenvalue weighted by molar-refractivity contribution is 5.92. The number of benzene rings is 1. The normalized spacial score (nSPS) is 19.7. The Kier molecular flexibility index (Phi) is 4.15. The number of carbonyl (C=O) groups is 1. The highest BCUT2D eigenvalue weighted by Crippen LogP contribution is 2.11. The molecule has 2 rings (SSSR count). The van der Waals surface area contributed by atoms with Gasteiger partial charge in [-0.25, -0.2) is 0 Å². The van der Waals surface area contributed by atoms with E-state index in [1.165, 1.54) is 5.56 Å². The Balaban J connectivity index is 1.95. The number of aliphatic hydroxyl groups excluding tert-OH is 1. The van der Waals surface area contributed by atoms with Gasteiger partial charge < -0.3 is 10.0 Å². The van der Waals surface area contributed by atoms with Gasteiger partial charge in [-0.2, -0.15) is 0 Å². The summed E-state index contributed by atoms with van der Waals surface area (Å²) in [7, 11) is 0. The first-order valence-corrected chi connectivity index (χ1v) is 6.43. The van der Waals surface area contributed by atoms with Gasteiger partial charge in [-0.15, -0.1) is 0 Å². The minimum Gasteiger partial charge on any atom is -0.391 e. The number of rotatable bonds is 3. The lowest BCUT2D eigenvalue weighted by molar-refractivity contribution is -0.125. The Morgan fingerprint density at radius 3 is 2.72 bits per heavy atom. The van der Waals surface area contributed by atoms with Crippen LogP contribution < -0.4 is 0 Å². The molecule has 0 radical (unpaired) electrons. The third kappa shape index (κ3) is 3.20. The molecular weight excluding hydrogens is 226 g/mol. The van der Waals surface area contributed by atoms with Crippen molar-refractivity contribution < 1.29 is 9.90 Å². The topological polar surface area (TPSA) is 40.5 Å². The molecule has 1 heterocycles. The van der Waals surface area contributed by atoms with Crippen molar-refractivity contribution in [2.45, 2.75) is 25.9 Å². The van der Waals surface area contributed by atoms with E-state index in [0.717, 1.165) is 12.0 Å². The van der Waals surface area contributed by atoms with Crippen LogP contribution in [0.25, 0.3) is 6.08 Å². The first kappa shape index (κ1) is 12.8. The smallest absolute Gasteiger partial charge is 0.246 e. The van der Waals surface area contributed by atoms with Crippen LogP contribution in [0, 0.1) is 0 Å². The molecule has 1 aliphatic rings. The van der Waals surface area contributed by atoms with Gasteiger partial charge in [0.15, 0.2) is 0 Å². The van der Waals surface area contributed by atoms with Crippen molar-refractivity contribution >= 4 is 12.0 Å². The second-order valence-corrected chi connectivity index (χ2v) is 4.66. The van der Waals surface area contributed by atoms with Crippen molar-refractivity contribution in [3.8, 4) is 0 Å². The molecule has 1 N–H and O–H groups in total. The van der Waals surface area contributed by atoms with Gasteiger partial charge in [0.25, 0.3) is 0 Å². The molecule has 1 unspecified atom stereocenters. The van der Waals surface area contributed by atoms with Crippen LogP contribution in [-0.2, 0) is 11.2 Å². The minimum absolute atomic E-state index is 0.0221. The Morgan fingerprint density at radius 1 is 1.44 bits per heavy atom. The molecule has 18 heavy (non-hydrogen) atoms. The summed E-state index contributed by atoms with van der Waals surface area (Å²) in [6.45, 7) is 3.23. The maximum atomic E-state index is 11.8. The lowest BCUT2D eigenvalue weighted by Crippen LogP contribution is -2.27. The predicted molar refractivity (Wildman–Crippen MR) is 72.1 cm³/mol. The SMILES string of the molecule is CCc1ccc(C=CC(=O)N2CCC(O)C2)cc1. The van der Waals surface area contributed by atoms with Crippen LogP contribution in [0.4, 0.5) is 0 Å². The number of carbonyl (C=O) groups excluding carboxylic acids is 1. The van der Waals surface area contributed by atoms with Crippen molar-refractivity contribution in [2.75, 3.05) is 13.1 Å². The van der Waals surface area contributed by atoms with E-state index < -0.39 is 0 Å². The highest BCUT2D eigenvalue weighted by atomic mass is 16.3. The van der Waals surface area contributed by atoms with Crippen LogP contribution in [0.15, 0.2) is 30.3 Å². The Labute approximate surface area is 108 Å². The minimum atomic E-state index is -0.355. The fourth-order valence-corrected chi connectivity index (χ4v) is 2.08. The summed E-state index contributed by atoms with van der Waals surface area (Å²) >= 11 is 0. The summed E-state index contributed by atoms with van der Waals surface area (Å²) in [6.07, 6.45) is 4.76. The van der Waals surface area contributed by atoms with E-state index in [9.17, 15) is 9.90 Å². The van der Waals surface area contributed by atoms with E-state index in [2.05, 4.69) is 19.1 Å². The maximum absolute atomic E-state index is 11.8. The monoisotopic (exact) mass is 245 g/mol. The lowest BCUT2D eigenvalue weighted by atomic mass is 10.1. The summed E-state index contributed by atoms with van der Waals surface area (Å²) < 4.78 is 0. The number of likely N-dealkylation sites (tertiary alicyclic amines) is 1. The van der Waals surface area contributed by atoms with Crippen molar-refractivity contribution in [2.24, 2.45) is 0 Å². The summed E-state index contributed by atoms with van der Waals surface area (Å²) in [5.74, 6) is -0.0221. The van der Waals surface area contributed by atoms with Crippen molar-refractivity contribution in [3.05, 3.63) is 41.5 Å². The molecular formula is C15H19NO2. The number of β-amino-alcohol motifs (C(OH)–C–C–N with tert-alkyl or cyclic N) is 1. The van der Waals surface area contributed by atoms with E-state index >= 15 is 0 Å². The van der Waals surface area contributed by atoms with E-state index in [-0.39, 0.29) is 12.0 Å². The summed E-state index contributed by atoms with van der Waals surface area (Å²) in [5, 5.41) is 9.37. The molecule has 1 atom stereocenters. The molecule has 1 saturated heterocycles. The van der Waals surface area contributed by atoms with E-state index in [0.29, 0.717) is 19.5 Å². The third-order valence-electron chi connectivity index (χ3n) is 3.28. The Bertz CT molecular complexity index is 436. The maximum Gasteiger partial charge on any atom is 0.246 e. The third-order valence-corrected chi connectivity index (χ3v) is 3.28. The number of nitrogens with zero attached hydrogens (tertiary/aromatic N) is 1. The summed E-state index contributed by atoms with van der Waals surface area (Å²) in [5.41, 5.74) is 2.32. The van der Waals surface area contributed by atoms with E-state index in [4.69, 9.17) is 0 Å². The van der Waals surface area contributed by atoms with Gasteiger partial charge in [-0.1, -0.05) is 31.2 Å². The standard InChI is InChI=1S/C15H19NO2/c1-2-12-3-5-13(6-4-12)7-8-15(18)16-10-9-14(17)11-16/h3-8,14,17H,2,9-11H2,1H3. The van der Waals surface area contributed by atoms with Gasteiger partial charge in [0, 0.05) is 19.2 Å². The molecule has 3 heteroatoms. The number of amides is 1. The molecule has 1 amide bonds. The first-order chi connectivity index (χ1) is 8.69. The zero-order valence-corrected chi connectivity index (χ0v) is 10.7. The second kappa shape index (κ2) is 5.83. The fourth-order valence-electron chi connectivity index (χ4n) is 2.08. The summed E-state index contributed by atoms with van der Waals surface area (Å²) in [4.78, 5) is 13.5. The molecule has 1 aromatic rings. The van der Waals surface area contributed by atoms with Crippen LogP contribution in [0.5, 0.6) is 0 Å². The van der Waals surface area contributed by atoms with Gasteiger partial charge in [0.1, 0.15) is 0 Å². The number of aliphatic hydroxyl groups is 1. The van der Waals surface area contributed by atoms with E-state index in [1.54, 1.807) is 11.0 Å². The van der Waals surface area contributed by atoms with Crippen LogP contribution in [0.3, 0.4) is 0 Å². The Hall–Kier alpha value is -1.61. The molecule has 1 aliphatic heterocycles. The van der Waals surface area contributed by atoms with Crippen molar-refractivity contribution in [1.29, 1.82) is 0 Å². The van der Waals surface area contributed by atoms with Gasteiger partial charge in [0.2, 0.25) is 5.91 Å². The molecule has 3 nitrogen and oxygen atoms in total. The summed E-state index contributed by atoms with van der Waals surface area (Å²) in [6, 6.07) is 8.18. The van der Waals surface area contributed by atoms with Crippen molar-refractivity contribution in [3.63, 3.8) is 0 Å². The van der Waals surface area contributed by atoms with E-state index in [1.807, 2.05) is 18.2 Å². The molecule has 1 fully saturated rings. The molecule has 96 valence electrons. The Morgan fingerprint density at radius 2 is 2.17 bits per heavy atom. The predicted octanol–water partition coefficient (Wildman–Crippen LogP) is 1.86. The van der Waals surface area contributed by atoms with Gasteiger partial charge in [0.05, 0.1) is 6.10 Å². The van der Waals surface area contributed by atoms with Crippen molar-refractivity contribution in [1.82, 2.24) is 4.90 Å². The quantitative estimate of drug-likeness (QED) is 0.826. The molecule has 0 aromatic heterocycles. The van der Waals surface area contributed by atoms with Crippen LogP contribution >= 0.6 is 0 Å². The number of hydrogen-bond donors (Lipinski definition) is 1. The van der Waals surface area contributed by atoms with Crippen LogP contribution in [0.1, 0.15) is 24.5 Å². The van der Waals surface area contributed by atoms with Crippen LogP contribution in [-0.4, -0.2) is 35.1 Å².